The Morgan fingerprint density at radius 3 is 2.84 bits per heavy atom. The molecule has 0 atom stereocenters. The first-order valence-corrected chi connectivity index (χ1v) is 5.06. The number of nitrogens with zero attached hydrogens (tertiary/aromatic N) is 6. The Hall–Kier alpha value is -3.28. The van der Waals surface area contributed by atoms with E-state index in [1.807, 2.05) is 6.07 Å². The maximum absolute atomic E-state index is 10.6. The van der Waals surface area contributed by atoms with Crippen molar-refractivity contribution in [2.45, 2.75) is 0 Å². The molecule has 92 valence electrons. The molecule has 9 nitrogen and oxygen atoms in total. The van der Waals surface area contributed by atoms with E-state index in [0.29, 0.717) is 5.65 Å². The Balaban J connectivity index is 2.19. The van der Waals surface area contributed by atoms with E-state index in [-0.39, 0.29) is 17.3 Å². The van der Waals surface area contributed by atoms with Crippen LogP contribution in [0.3, 0.4) is 0 Å². The van der Waals surface area contributed by atoms with Crippen LogP contribution in [-0.2, 0) is 0 Å². The lowest BCUT2D eigenvalue weighted by atomic mass is 10.4. The van der Waals surface area contributed by atoms with Crippen molar-refractivity contribution in [2.75, 3.05) is 0 Å². The second-order valence-corrected chi connectivity index (χ2v) is 3.52. The zero-order chi connectivity index (χ0) is 13.4. The summed E-state index contributed by atoms with van der Waals surface area (Å²) in [4.78, 5) is 9.91. The van der Waals surface area contributed by atoms with Crippen molar-refractivity contribution in [3.05, 3.63) is 40.1 Å². The van der Waals surface area contributed by atoms with Gasteiger partial charge in [0.1, 0.15) is 11.0 Å². The lowest BCUT2D eigenvalue weighted by Crippen LogP contribution is -1.96. The van der Waals surface area contributed by atoms with Crippen molar-refractivity contribution in [1.82, 2.24) is 19.8 Å². The van der Waals surface area contributed by atoms with Crippen molar-refractivity contribution in [2.24, 2.45) is 0 Å². The molecule has 0 bridgehead atoms. The third-order valence-electron chi connectivity index (χ3n) is 2.37. The van der Waals surface area contributed by atoms with Gasteiger partial charge in [-0.05, 0) is 18.2 Å². The van der Waals surface area contributed by atoms with Crippen LogP contribution in [0, 0.1) is 21.4 Å². The Labute approximate surface area is 104 Å². The van der Waals surface area contributed by atoms with Gasteiger partial charge in [0.25, 0.3) is 0 Å². The van der Waals surface area contributed by atoms with E-state index in [0.717, 1.165) is 0 Å². The predicted octanol–water partition coefficient (Wildman–Crippen LogP) is 1.16. The van der Waals surface area contributed by atoms with Crippen LogP contribution in [-0.4, -0.2) is 24.7 Å². The molecule has 19 heavy (non-hydrogen) atoms. The molecule has 3 aromatic rings. The molecule has 3 rings (SSSR count). The van der Waals surface area contributed by atoms with Crippen LogP contribution < -0.4 is 0 Å². The number of nitriles is 1. The minimum Gasteiger partial charge on any atom is -0.397 e. The van der Waals surface area contributed by atoms with E-state index in [4.69, 9.17) is 9.68 Å². The van der Waals surface area contributed by atoms with Crippen LogP contribution in [0.25, 0.3) is 17.2 Å². The zero-order valence-electron chi connectivity index (χ0n) is 9.22. The lowest BCUT2D eigenvalue weighted by molar-refractivity contribution is -0.401. The fourth-order valence-corrected chi connectivity index (χ4v) is 1.55. The molecule has 0 aliphatic heterocycles. The maximum Gasteiger partial charge on any atom is 0.433 e. The summed E-state index contributed by atoms with van der Waals surface area (Å²) in [5.41, 5.74) is 0.586. The smallest absolute Gasteiger partial charge is 0.397 e. The van der Waals surface area contributed by atoms with Gasteiger partial charge in [-0.1, -0.05) is 0 Å². The average molecular weight is 256 g/mol. The van der Waals surface area contributed by atoms with Crippen molar-refractivity contribution < 1.29 is 9.34 Å². The molecule has 0 aliphatic carbocycles. The number of hydrogen-bond donors (Lipinski definition) is 0. The molecular formula is C10H4N6O3. The van der Waals surface area contributed by atoms with Gasteiger partial charge in [-0.3, -0.25) is 10.1 Å². The molecule has 0 aliphatic rings. The predicted molar refractivity (Wildman–Crippen MR) is 59.9 cm³/mol. The summed E-state index contributed by atoms with van der Waals surface area (Å²) < 4.78 is 6.32. The highest BCUT2D eigenvalue weighted by atomic mass is 16.6. The summed E-state index contributed by atoms with van der Waals surface area (Å²) in [5.74, 6) is -0.0508. The highest BCUT2D eigenvalue weighted by Gasteiger charge is 2.18. The number of hydrogen-bond acceptors (Lipinski definition) is 7. The summed E-state index contributed by atoms with van der Waals surface area (Å²) in [5, 5.41) is 31.0. The van der Waals surface area contributed by atoms with Crippen LogP contribution in [0.4, 0.5) is 5.88 Å². The third-order valence-corrected chi connectivity index (χ3v) is 2.37. The van der Waals surface area contributed by atoms with Gasteiger partial charge in [0.2, 0.25) is 5.82 Å². The minimum absolute atomic E-state index is 0.154. The zero-order valence-corrected chi connectivity index (χ0v) is 9.22. The van der Waals surface area contributed by atoms with Gasteiger partial charge < -0.3 is 4.42 Å². The Bertz CT molecular complexity index is 827. The highest BCUT2D eigenvalue weighted by Crippen LogP contribution is 2.24. The van der Waals surface area contributed by atoms with Gasteiger partial charge >= 0.3 is 5.88 Å². The molecule has 0 saturated heterocycles. The molecule has 0 unspecified atom stereocenters. The fraction of sp³-hybridized carbons (Fsp3) is 0. The topological polar surface area (TPSA) is 123 Å². The summed E-state index contributed by atoms with van der Waals surface area (Å²) in [6, 6.07) is 7.56. The van der Waals surface area contributed by atoms with E-state index in [2.05, 4.69) is 15.3 Å². The average Bonchev–Trinajstić information content (AvgIpc) is 3.03. The Morgan fingerprint density at radius 1 is 1.32 bits per heavy atom. The molecule has 0 fully saturated rings. The van der Waals surface area contributed by atoms with Crippen LogP contribution in [0.1, 0.15) is 5.69 Å². The number of rotatable bonds is 2. The molecule has 3 aromatic heterocycles. The van der Waals surface area contributed by atoms with Gasteiger partial charge in [0.05, 0.1) is 6.07 Å². The normalized spacial score (nSPS) is 10.5. The number of fused-ring (bicyclic) bond motifs is 1. The fourth-order valence-electron chi connectivity index (χ4n) is 1.55. The second-order valence-electron chi connectivity index (χ2n) is 3.52. The third kappa shape index (κ3) is 1.67. The first kappa shape index (κ1) is 10.8. The van der Waals surface area contributed by atoms with Crippen LogP contribution in [0.5, 0.6) is 0 Å². The number of aromatic nitrogens is 4. The molecule has 0 aromatic carbocycles. The van der Waals surface area contributed by atoms with Crippen LogP contribution in [0.15, 0.2) is 28.7 Å². The van der Waals surface area contributed by atoms with Crippen molar-refractivity contribution >= 4 is 11.5 Å². The SMILES string of the molecule is N#Cc1ccc2nnc(-c3ccc([N+](=O)[O-])o3)n2n1. The van der Waals surface area contributed by atoms with E-state index in [9.17, 15) is 10.1 Å². The van der Waals surface area contributed by atoms with Gasteiger partial charge in [-0.25, -0.2) is 0 Å². The van der Waals surface area contributed by atoms with Crippen molar-refractivity contribution in [3.63, 3.8) is 0 Å². The van der Waals surface area contributed by atoms with Crippen LogP contribution >= 0.6 is 0 Å². The maximum atomic E-state index is 10.6. The monoisotopic (exact) mass is 256 g/mol. The molecule has 3 heterocycles. The molecule has 0 N–H and O–H groups in total. The largest absolute Gasteiger partial charge is 0.433 e. The van der Waals surface area contributed by atoms with Crippen molar-refractivity contribution in [1.29, 1.82) is 5.26 Å². The van der Waals surface area contributed by atoms with Crippen molar-refractivity contribution in [3.8, 4) is 17.7 Å². The van der Waals surface area contributed by atoms with E-state index < -0.39 is 10.8 Å². The minimum atomic E-state index is -0.652. The Morgan fingerprint density at radius 2 is 2.16 bits per heavy atom. The number of furan rings is 1. The molecular weight excluding hydrogens is 252 g/mol. The molecule has 0 spiro atoms. The quantitative estimate of drug-likeness (QED) is 0.497. The van der Waals surface area contributed by atoms with Gasteiger partial charge in [0.15, 0.2) is 17.1 Å². The second kappa shape index (κ2) is 3.88. The summed E-state index contributed by atoms with van der Waals surface area (Å²) >= 11 is 0. The van der Waals surface area contributed by atoms with E-state index >= 15 is 0 Å². The Kier molecular flexibility index (Phi) is 2.22. The van der Waals surface area contributed by atoms with Crippen LogP contribution in [0.2, 0.25) is 0 Å². The highest BCUT2D eigenvalue weighted by molar-refractivity contribution is 5.54. The molecule has 0 saturated carbocycles. The van der Waals surface area contributed by atoms with E-state index in [1.165, 1.54) is 22.7 Å². The van der Waals surface area contributed by atoms with Gasteiger partial charge in [0, 0.05) is 0 Å². The van der Waals surface area contributed by atoms with E-state index in [1.54, 1.807) is 6.07 Å². The first-order valence-electron chi connectivity index (χ1n) is 5.06. The van der Waals surface area contributed by atoms with Gasteiger partial charge in [-0.2, -0.15) is 14.9 Å². The summed E-state index contributed by atoms with van der Waals surface area (Å²) in [7, 11) is 0. The molecule has 0 radical (unpaired) electrons. The molecule has 9 heteroatoms. The first-order chi connectivity index (χ1) is 9.19. The lowest BCUT2D eigenvalue weighted by Gasteiger charge is -1.94. The number of nitro groups is 1. The van der Waals surface area contributed by atoms with Gasteiger partial charge in [-0.15, -0.1) is 10.2 Å². The molecule has 0 amide bonds. The summed E-state index contributed by atoms with van der Waals surface area (Å²) in [6.07, 6.45) is 0. The standard InChI is InChI=1S/C10H4N6O3/c11-5-6-1-3-8-12-13-10(15(8)14-6)7-2-4-9(19-7)16(17)18/h1-4H. The summed E-state index contributed by atoms with van der Waals surface area (Å²) in [6.45, 7) is 0.